The third kappa shape index (κ3) is 5.69. The van der Waals surface area contributed by atoms with Crippen molar-refractivity contribution in [2.75, 3.05) is 12.0 Å². The van der Waals surface area contributed by atoms with E-state index >= 15 is 0 Å². The molecule has 1 aliphatic rings. The maximum Gasteiger partial charge on any atom is 0.312 e. The van der Waals surface area contributed by atoms with Crippen LogP contribution in [-0.4, -0.2) is 47.2 Å². The fourth-order valence-corrected chi connectivity index (χ4v) is 2.71. The predicted octanol–water partition coefficient (Wildman–Crippen LogP) is 0.196. The third-order valence-electron chi connectivity index (χ3n) is 3.30. The van der Waals surface area contributed by atoms with Crippen molar-refractivity contribution in [2.24, 2.45) is 5.73 Å². The molecule has 19 heavy (non-hydrogen) atoms. The molecule has 0 aliphatic heterocycles. The van der Waals surface area contributed by atoms with Crippen LogP contribution in [0.1, 0.15) is 32.1 Å². The number of thioether (sulfide) groups is 1. The van der Waals surface area contributed by atoms with Crippen LogP contribution in [0, 0.1) is 0 Å². The van der Waals surface area contributed by atoms with Gasteiger partial charge in [-0.2, -0.15) is 11.8 Å². The lowest BCUT2D eigenvalue weighted by atomic mass is 9.92. The summed E-state index contributed by atoms with van der Waals surface area (Å²) in [4.78, 5) is 23.0. The van der Waals surface area contributed by atoms with Crippen LogP contribution in [-0.2, 0) is 4.79 Å². The standard InChI is InChI=1S/C12H23N3O3S/c1-19-7-6-9(15-12(13)18)11(17)14-8-4-2-3-5-10(8)16/h8-10,16H,2-7H2,1H3,(H,14,17)(H3,13,15,18)/t8-,9?,10-/m1/s1. The first-order chi connectivity index (χ1) is 9.04. The summed E-state index contributed by atoms with van der Waals surface area (Å²) in [5, 5.41) is 15.1. The Morgan fingerprint density at radius 2 is 2.11 bits per heavy atom. The van der Waals surface area contributed by atoms with E-state index in [0.717, 1.165) is 25.0 Å². The number of nitrogens with one attached hydrogen (secondary N) is 2. The van der Waals surface area contributed by atoms with Crippen LogP contribution in [0.2, 0.25) is 0 Å². The molecule has 5 N–H and O–H groups in total. The van der Waals surface area contributed by atoms with Gasteiger partial charge in [-0.25, -0.2) is 4.79 Å². The molecule has 6 nitrogen and oxygen atoms in total. The molecule has 0 aromatic heterocycles. The quantitative estimate of drug-likeness (QED) is 0.560. The maximum absolute atomic E-state index is 12.1. The van der Waals surface area contributed by atoms with E-state index in [1.807, 2.05) is 6.26 Å². The molecular formula is C12H23N3O3S. The smallest absolute Gasteiger partial charge is 0.312 e. The van der Waals surface area contributed by atoms with Gasteiger partial charge in [-0.3, -0.25) is 4.79 Å². The maximum atomic E-state index is 12.1. The second-order valence-corrected chi connectivity index (χ2v) is 5.80. The average Bonchev–Trinajstić information content (AvgIpc) is 2.36. The summed E-state index contributed by atoms with van der Waals surface area (Å²) in [6, 6.07) is -1.54. The van der Waals surface area contributed by atoms with Crippen molar-refractivity contribution in [3.63, 3.8) is 0 Å². The van der Waals surface area contributed by atoms with Crippen molar-refractivity contribution in [3.8, 4) is 0 Å². The summed E-state index contributed by atoms with van der Waals surface area (Å²) in [5.74, 6) is 0.491. The van der Waals surface area contributed by atoms with Crippen molar-refractivity contribution in [3.05, 3.63) is 0 Å². The number of carbonyl (C=O) groups is 2. The summed E-state index contributed by atoms with van der Waals surface area (Å²) < 4.78 is 0. The Kier molecular flexibility index (Phi) is 7.01. The molecule has 1 rings (SSSR count). The zero-order valence-electron chi connectivity index (χ0n) is 11.2. The van der Waals surface area contributed by atoms with Gasteiger partial charge in [0.2, 0.25) is 5.91 Å². The first kappa shape index (κ1) is 16.1. The number of primary amides is 1. The summed E-state index contributed by atoms with van der Waals surface area (Å²) >= 11 is 1.60. The van der Waals surface area contributed by atoms with Gasteiger partial charge in [0.05, 0.1) is 12.1 Å². The van der Waals surface area contributed by atoms with Gasteiger partial charge in [-0.1, -0.05) is 12.8 Å². The average molecular weight is 289 g/mol. The minimum absolute atomic E-state index is 0.215. The van der Waals surface area contributed by atoms with Crippen molar-refractivity contribution in [2.45, 2.75) is 50.3 Å². The van der Waals surface area contributed by atoms with E-state index in [2.05, 4.69) is 10.6 Å². The first-order valence-electron chi connectivity index (χ1n) is 6.58. The largest absolute Gasteiger partial charge is 0.391 e. The predicted molar refractivity (Wildman–Crippen MR) is 75.9 cm³/mol. The highest BCUT2D eigenvalue weighted by atomic mass is 32.2. The number of urea groups is 1. The number of hydrogen-bond acceptors (Lipinski definition) is 4. The van der Waals surface area contributed by atoms with E-state index in [1.165, 1.54) is 0 Å². The second-order valence-electron chi connectivity index (χ2n) is 4.81. The lowest BCUT2D eigenvalue weighted by Crippen LogP contribution is -2.54. The molecule has 0 aromatic carbocycles. The van der Waals surface area contributed by atoms with Gasteiger partial charge in [0.25, 0.3) is 0 Å². The van der Waals surface area contributed by atoms with Gasteiger partial charge in [-0.05, 0) is 31.3 Å². The third-order valence-corrected chi connectivity index (χ3v) is 3.94. The number of nitrogens with two attached hydrogens (primary N) is 1. The number of carbonyl (C=O) groups excluding carboxylic acids is 2. The lowest BCUT2D eigenvalue weighted by molar-refractivity contribution is -0.124. The number of aliphatic hydroxyl groups is 1. The Bertz CT molecular complexity index is 315. The molecule has 0 saturated heterocycles. The fourth-order valence-electron chi connectivity index (χ4n) is 2.24. The lowest BCUT2D eigenvalue weighted by Gasteiger charge is -2.30. The molecule has 7 heteroatoms. The second kappa shape index (κ2) is 8.27. The van der Waals surface area contributed by atoms with Crippen LogP contribution < -0.4 is 16.4 Å². The van der Waals surface area contributed by atoms with Gasteiger partial charge in [0.15, 0.2) is 0 Å². The van der Waals surface area contributed by atoms with Gasteiger partial charge in [0.1, 0.15) is 6.04 Å². The van der Waals surface area contributed by atoms with Gasteiger partial charge < -0.3 is 21.5 Å². The molecule has 1 unspecified atom stereocenters. The topological polar surface area (TPSA) is 104 Å². The Labute approximate surface area is 117 Å². The highest BCUT2D eigenvalue weighted by Crippen LogP contribution is 2.18. The van der Waals surface area contributed by atoms with Crippen LogP contribution in [0.3, 0.4) is 0 Å². The SMILES string of the molecule is CSCCC(NC(N)=O)C(=O)N[C@@H]1CCCC[C@H]1O. The van der Waals surface area contributed by atoms with Crippen molar-refractivity contribution < 1.29 is 14.7 Å². The molecule has 3 amide bonds. The van der Waals surface area contributed by atoms with Gasteiger partial charge >= 0.3 is 6.03 Å². The molecule has 0 aromatic rings. The van der Waals surface area contributed by atoms with E-state index in [1.54, 1.807) is 11.8 Å². The van der Waals surface area contributed by atoms with Crippen molar-refractivity contribution >= 4 is 23.7 Å². The minimum Gasteiger partial charge on any atom is -0.391 e. The molecule has 1 saturated carbocycles. The van der Waals surface area contributed by atoms with Gasteiger partial charge in [0, 0.05) is 0 Å². The van der Waals surface area contributed by atoms with Crippen LogP contribution in [0.25, 0.3) is 0 Å². The van der Waals surface area contributed by atoms with E-state index in [0.29, 0.717) is 12.8 Å². The van der Waals surface area contributed by atoms with E-state index < -0.39 is 18.2 Å². The molecule has 1 fully saturated rings. The number of aliphatic hydroxyl groups excluding tert-OH is 1. The molecule has 3 atom stereocenters. The molecular weight excluding hydrogens is 266 g/mol. The van der Waals surface area contributed by atoms with Crippen LogP contribution in [0.15, 0.2) is 0 Å². The number of rotatable bonds is 6. The Morgan fingerprint density at radius 1 is 1.42 bits per heavy atom. The van der Waals surface area contributed by atoms with E-state index in [9.17, 15) is 14.7 Å². The number of hydrogen-bond donors (Lipinski definition) is 4. The zero-order valence-corrected chi connectivity index (χ0v) is 12.0. The summed E-state index contributed by atoms with van der Waals surface area (Å²) in [6.45, 7) is 0. The Balaban J connectivity index is 2.51. The summed E-state index contributed by atoms with van der Waals surface area (Å²) in [7, 11) is 0. The minimum atomic E-state index is -0.703. The molecule has 110 valence electrons. The monoisotopic (exact) mass is 289 g/mol. The normalized spacial score (nSPS) is 24.5. The molecule has 0 bridgehead atoms. The number of amides is 3. The van der Waals surface area contributed by atoms with E-state index in [-0.39, 0.29) is 11.9 Å². The Hall–Kier alpha value is -0.950. The van der Waals surface area contributed by atoms with Gasteiger partial charge in [-0.15, -0.1) is 0 Å². The Morgan fingerprint density at radius 3 is 2.68 bits per heavy atom. The summed E-state index contributed by atoms with van der Waals surface area (Å²) in [5.41, 5.74) is 5.08. The van der Waals surface area contributed by atoms with Crippen LogP contribution in [0.4, 0.5) is 4.79 Å². The molecule has 0 spiro atoms. The van der Waals surface area contributed by atoms with E-state index in [4.69, 9.17) is 5.73 Å². The molecule has 0 heterocycles. The molecule has 1 aliphatic carbocycles. The van der Waals surface area contributed by atoms with Crippen molar-refractivity contribution in [1.82, 2.24) is 10.6 Å². The molecule has 0 radical (unpaired) electrons. The van der Waals surface area contributed by atoms with Crippen molar-refractivity contribution in [1.29, 1.82) is 0 Å². The van der Waals surface area contributed by atoms with Crippen LogP contribution in [0.5, 0.6) is 0 Å². The highest BCUT2D eigenvalue weighted by Gasteiger charge is 2.27. The van der Waals surface area contributed by atoms with Crippen LogP contribution >= 0.6 is 11.8 Å². The fraction of sp³-hybridized carbons (Fsp3) is 0.833. The summed E-state index contributed by atoms with van der Waals surface area (Å²) in [6.07, 6.45) is 5.45. The zero-order chi connectivity index (χ0) is 14.3. The highest BCUT2D eigenvalue weighted by molar-refractivity contribution is 7.98. The first-order valence-corrected chi connectivity index (χ1v) is 7.97.